The van der Waals surface area contributed by atoms with E-state index in [2.05, 4.69) is 60.3 Å². The monoisotopic (exact) mass is 474 g/mol. The SMILES string of the molecule is C=CCc1ccc(O)c(OC)c1.CC(C)=CCC/C(C)=C/CO.CC(C)=CCCC(C)CCO. The first-order valence-corrected chi connectivity index (χ1v) is 12.2. The van der Waals surface area contributed by atoms with E-state index in [9.17, 15) is 5.11 Å². The lowest BCUT2D eigenvalue weighted by Gasteiger charge is -2.06. The van der Waals surface area contributed by atoms with Crippen molar-refractivity contribution in [1.29, 1.82) is 0 Å². The highest BCUT2D eigenvalue weighted by Crippen LogP contribution is 2.26. The van der Waals surface area contributed by atoms with E-state index in [1.807, 2.05) is 18.2 Å². The van der Waals surface area contributed by atoms with Crippen LogP contribution in [0.4, 0.5) is 0 Å². The minimum absolute atomic E-state index is 0.167. The summed E-state index contributed by atoms with van der Waals surface area (Å²) in [6, 6.07) is 5.27. The van der Waals surface area contributed by atoms with Gasteiger partial charge in [0.2, 0.25) is 0 Å². The summed E-state index contributed by atoms with van der Waals surface area (Å²) >= 11 is 0. The number of hydrogen-bond donors (Lipinski definition) is 3. The highest BCUT2D eigenvalue weighted by Gasteiger charge is 2.00. The second-order valence-corrected chi connectivity index (χ2v) is 9.03. The fourth-order valence-electron chi connectivity index (χ4n) is 2.88. The molecule has 1 aromatic rings. The Bertz CT molecular complexity index is 736. The van der Waals surface area contributed by atoms with E-state index < -0.39 is 0 Å². The molecule has 4 nitrogen and oxygen atoms in total. The molecule has 1 aromatic carbocycles. The Balaban J connectivity index is 0. The number of allylic oxidation sites excluding steroid dienone is 6. The van der Waals surface area contributed by atoms with Gasteiger partial charge < -0.3 is 20.1 Å². The number of benzene rings is 1. The van der Waals surface area contributed by atoms with Gasteiger partial charge >= 0.3 is 0 Å². The Morgan fingerprint density at radius 2 is 1.59 bits per heavy atom. The van der Waals surface area contributed by atoms with Gasteiger partial charge in [-0.05, 0) is 96.8 Å². The maximum atomic E-state index is 9.25. The first-order chi connectivity index (χ1) is 16.1. The molecule has 1 unspecified atom stereocenters. The molecule has 0 radical (unpaired) electrons. The molecule has 4 heteroatoms. The van der Waals surface area contributed by atoms with Gasteiger partial charge in [-0.2, -0.15) is 0 Å². The zero-order valence-electron chi connectivity index (χ0n) is 22.7. The Morgan fingerprint density at radius 3 is 2.09 bits per heavy atom. The van der Waals surface area contributed by atoms with Crippen molar-refractivity contribution in [3.63, 3.8) is 0 Å². The van der Waals surface area contributed by atoms with Crippen molar-refractivity contribution in [3.8, 4) is 11.5 Å². The summed E-state index contributed by atoms with van der Waals surface area (Å²) in [5, 5.41) is 26.4. The predicted octanol–water partition coefficient (Wildman–Crippen LogP) is 7.55. The smallest absolute Gasteiger partial charge is 0.160 e. The van der Waals surface area contributed by atoms with E-state index in [4.69, 9.17) is 14.9 Å². The van der Waals surface area contributed by atoms with Gasteiger partial charge in [0.1, 0.15) is 0 Å². The number of aromatic hydroxyl groups is 1. The summed E-state index contributed by atoms with van der Waals surface area (Å²) < 4.78 is 4.95. The van der Waals surface area contributed by atoms with E-state index in [1.54, 1.807) is 12.1 Å². The van der Waals surface area contributed by atoms with Crippen LogP contribution in [0.2, 0.25) is 0 Å². The van der Waals surface area contributed by atoms with Crippen molar-refractivity contribution >= 4 is 0 Å². The molecule has 0 aromatic heterocycles. The van der Waals surface area contributed by atoms with Crippen LogP contribution < -0.4 is 4.74 Å². The van der Waals surface area contributed by atoms with Crippen LogP contribution >= 0.6 is 0 Å². The fraction of sp³-hybridized carbons (Fsp3) is 0.533. The second-order valence-electron chi connectivity index (χ2n) is 9.03. The predicted molar refractivity (Wildman–Crippen MR) is 148 cm³/mol. The summed E-state index contributed by atoms with van der Waals surface area (Å²) in [5.41, 5.74) is 5.10. The van der Waals surface area contributed by atoms with Gasteiger partial charge in [0, 0.05) is 6.61 Å². The molecule has 3 N–H and O–H groups in total. The van der Waals surface area contributed by atoms with E-state index in [1.165, 1.54) is 30.2 Å². The first kappa shape index (κ1) is 33.9. The largest absolute Gasteiger partial charge is 0.504 e. The molecule has 0 amide bonds. The summed E-state index contributed by atoms with van der Waals surface area (Å²) in [6.45, 7) is 16.8. The molecule has 0 saturated carbocycles. The maximum absolute atomic E-state index is 9.25. The van der Waals surface area contributed by atoms with Gasteiger partial charge in [-0.3, -0.25) is 0 Å². The molecule has 34 heavy (non-hydrogen) atoms. The van der Waals surface area contributed by atoms with Crippen molar-refractivity contribution in [1.82, 2.24) is 0 Å². The topological polar surface area (TPSA) is 69.9 Å². The molecular weight excluding hydrogens is 424 g/mol. The average molecular weight is 475 g/mol. The van der Waals surface area contributed by atoms with Gasteiger partial charge in [-0.15, -0.1) is 6.58 Å². The molecule has 0 saturated heterocycles. The summed E-state index contributed by atoms with van der Waals surface area (Å²) in [6.07, 6.45) is 14.4. The maximum Gasteiger partial charge on any atom is 0.160 e. The van der Waals surface area contributed by atoms with Gasteiger partial charge in [-0.1, -0.05) is 54.0 Å². The van der Waals surface area contributed by atoms with Gasteiger partial charge in [0.15, 0.2) is 11.5 Å². The van der Waals surface area contributed by atoms with Crippen LogP contribution in [0, 0.1) is 5.92 Å². The summed E-state index contributed by atoms with van der Waals surface area (Å²) in [5.74, 6) is 1.34. The van der Waals surface area contributed by atoms with Crippen molar-refractivity contribution < 1.29 is 20.1 Å². The lowest BCUT2D eigenvalue weighted by Crippen LogP contribution is -1.96. The van der Waals surface area contributed by atoms with Crippen LogP contribution in [0.25, 0.3) is 0 Å². The van der Waals surface area contributed by atoms with E-state index in [0.29, 0.717) is 18.3 Å². The van der Waals surface area contributed by atoms with Crippen LogP contribution in [0.5, 0.6) is 11.5 Å². The third-order valence-electron chi connectivity index (χ3n) is 4.99. The highest BCUT2D eigenvalue weighted by molar-refractivity contribution is 5.42. The average Bonchev–Trinajstić information content (AvgIpc) is 2.76. The Hall–Kier alpha value is -2.30. The van der Waals surface area contributed by atoms with E-state index in [-0.39, 0.29) is 12.4 Å². The molecule has 194 valence electrons. The number of ether oxygens (including phenoxy) is 1. The third kappa shape index (κ3) is 21.5. The summed E-state index contributed by atoms with van der Waals surface area (Å²) in [7, 11) is 1.53. The Morgan fingerprint density at radius 1 is 0.971 bits per heavy atom. The molecular formula is C30H50O4. The zero-order valence-corrected chi connectivity index (χ0v) is 22.7. The molecule has 0 fully saturated rings. The Kier molecular flexibility index (Phi) is 22.4. The van der Waals surface area contributed by atoms with Gasteiger partial charge in [0.05, 0.1) is 13.7 Å². The molecule has 0 aliphatic rings. The number of hydrogen-bond acceptors (Lipinski definition) is 4. The molecule has 0 aliphatic heterocycles. The van der Waals surface area contributed by atoms with Crippen molar-refractivity contribution in [2.75, 3.05) is 20.3 Å². The minimum atomic E-state index is 0.167. The van der Waals surface area contributed by atoms with Crippen LogP contribution in [0.1, 0.15) is 79.2 Å². The standard InChI is InChI=1S/C10H12O2.C10H20O.C10H18O/c1-3-4-8-5-6-9(11)10(7-8)12-2;2*1-9(2)5-4-6-10(3)7-8-11/h3,5-7,11H,1,4H2,2H3;5,10-11H,4,6-8H2,1-3H3;5,7,11H,4,6,8H2,1-3H3/b;;10-7+. The van der Waals surface area contributed by atoms with Crippen molar-refractivity contribution in [2.24, 2.45) is 5.92 Å². The quantitative estimate of drug-likeness (QED) is 0.273. The van der Waals surface area contributed by atoms with Gasteiger partial charge in [-0.25, -0.2) is 0 Å². The molecule has 0 aliphatic carbocycles. The fourth-order valence-corrected chi connectivity index (χ4v) is 2.88. The van der Waals surface area contributed by atoms with Crippen LogP contribution in [0.15, 0.2) is 65.8 Å². The highest BCUT2D eigenvalue weighted by atomic mass is 16.5. The zero-order chi connectivity index (χ0) is 26.4. The van der Waals surface area contributed by atoms with E-state index in [0.717, 1.165) is 37.7 Å². The number of aliphatic hydroxyl groups is 2. The van der Waals surface area contributed by atoms with Crippen LogP contribution in [-0.4, -0.2) is 35.6 Å². The lowest BCUT2D eigenvalue weighted by molar-refractivity contribution is 0.259. The Labute approximate surface area is 209 Å². The minimum Gasteiger partial charge on any atom is -0.504 e. The number of phenols is 1. The molecule has 0 bridgehead atoms. The van der Waals surface area contributed by atoms with Crippen molar-refractivity contribution in [3.05, 3.63) is 71.4 Å². The number of methoxy groups -OCH3 is 1. The molecule has 0 heterocycles. The van der Waals surface area contributed by atoms with Crippen LogP contribution in [0.3, 0.4) is 0 Å². The second kappa shape index (κ2) is 22.5. The van der Waals surface area contributed by atoms with E-state index >= 15 is 0 Å². The molecule has 1 atom stereocenters. The summed E-state index contributed by atoms with van der Waals surface area (Å²) in [4.78, 5) is 0. The number of aliphatic hydroxyl groups excluding tert-OH is 2. The number of rotatable bonds is 12. The molecule has 0 spiro atoms. The van der Waals surface area contributed by atoms with Crippen molar-refractivity contribution in [2.45, 2.75) is 80.1 Å². The van der Waals surface area contributed by atoms with Gasteiger partial charge in [0.25, 0.3) is 0 Å². The molecule has 1 rings (SSSR count). The normalized spacial score (nSPS) is 11.1. The van der Waals surface area contributed by atoms with Crippen LogP contribution in [-0.2, 0) is 6.42 Å². The third-order valence-corrected chi connectivity index (χ3v) is 4.99. The lowest BCUT2D eigenvalue weighted by atomic mass is 10.0. The number of phenolic OH excluding ortho intramolecular Hbond substituents is 1. The first-order valence-electron chi connectivity index (χ1n) is 12.2.